The van der Waals surface area contributed by atoms with Crippen LogP contribution in [0.5, 0.6) is 0 Å². The highest BCUT2D eigenvalue weighted by Crippen LogP contribution is 2.53. The lowest BCUT2D eigenvalue weighted by Crippen LogP contribution is -2.43. The van der Waals surface area contributed by atoms with Gasteiger partial charge in [0.1, 0.15) is 0 Å². The summed E-state index contributed by atoms with van der Waals surface area (Å²) in [5.74, 6) is 1.63. The molecule has 0 amide bonds. The van der Waals surface area contributed by atoms with Crippen LogP contribution < -0.4 is 0 Å². The second-order valence-electron chi connectivity index (χ2n) is 10.5. The monoisotopic (exact) mass is 429 g/mol. The van der Waals surface area contributed by atoms with Crippen LogP contribution in [-0.2, 0) is 12.8 Å². The maximum Gasteiger partial charge on any atom is 0.0366 e. The quantitative estimate of drug-likeness (QED) is 0.428. The van der Waals surface area contributed by atoms with Crippen molar-refractivity contribution in [3.05, 3.63) is 77.4 Å². The van der Waals surface area contributed by atoms with E-state index in [1.807, 2.05) is 0 Å². The number of benzene rings is 2. The lowest BCUT2D eigenvalue weighted by Gasteiger charge is -2.50. The first-order valence-electron chi connectivity index (χ1n) is 13.2. The van der Waals surface area contributed by atoms with E-state index < -0.39 is 0 Å². The molecule has 2 aromatic rings. The van der Waals surface area contributed by atoms with Gasteiger partial charge in [-0.1, -0.05) is 82.7 Å². The Morgan fingerprint density at radius 3 is 2.31 bits per heavy atom. The molecule has 0 N–H and O–H groups in total. The Labute approximate surface area is 196 Å². The number of rotatable bonds is 7. The third-order valence-electron chi connectivity index (χ3n) is 8.49. The summed E-state index contributed by atoms with van der Waals surface area (Å²) in [7, 11) is 0. The van der Waals surface area contributed by atoms with E-state index in [2.05, 4.69) is 80.8 Å². The maximum absolute atomic E-state index is 4.55. The normalized spacial score (nSPS) is 22.8. The number of hydrogen-bond acceptors (Lipinski definition) is 1. The Hall–Kier alpha value is -2.02. The van der Waals surface area contributed by atoms with Crippen LogP contribution in [0.3, 0.4) is 0 Å². The Kier molecular flexibility index (Phi) is 7.44. The highest BCUT2D eigenvalue weighted by molar-refractivity contribution is 5.63. The molecule has 1 aliphatic heterocycles. The van der Waals surface area contributed by atoms with E-state index in [9.17, 15) is 0 Å². The Morgan fingerprint density at radius 2 is 1.66 bits per heavy atom. The molecule has 4 rings (SSSR count). The summed E-state index contributed by atoms with van der Waals surface area (Å²) >= 11 is 0. The topological polar surface area (TPSA) is 3.24 Å². The van der Waals surface area contributed by atoms with Crippen LogP contribution >= 0.6 is 0 Å². The molecule has 172 valence electrons. The minimum atomic E-state index is 0.524. The van der Waals surface area contributed by atoms with Crippen molar-refractivity contribution in [2.75, 3.05) is 13.1 Å². The lowest BCUT2D eigenvalue weighted by molar-refractivity contribution is 0.0510. The predicted molar refractivity (Wildman–Crippen MR) is 139 cm³/mol. The average molecular weight is 430 g/mol. The summed E-state index contributed by atoms with van der Waals surface area (Å²) < 4.78 is 0. The van der Waals surface area contributed by atoms with Crippen LogP contribution in [0.1, 0.15) is 93.9 Å². The molecule has 2 aliphatic rings. The predicted octanol–water partition coefficient (Wildman–Crippen LogP) is 8.25. The van der Waals surface area contributed by atoms with Crippen LogP contribution in [0.4, 0.5) is 0 Å². The van der Waals surface area contributed by atoms with E-state index in [4.69, 9.17) is 0 Å². The molecular weight excluding hydrogens is 386 g/mol. The van der Waals surface area contributed by atoms with Crippen molar-refractivity contribution in [1.29, 1.82) is 0 Å². The molecular formula is C31H43N. The van der Waals surface area contributed by atoms with E-state index in [-0.39, 0.29) is 0 Å². The lowest BCUT2D eigenvalue weighted by atomic mass is 9.59. The standard InChI is InChI=1S/C31H43N/c1-5-11-25-20-30(28-12-9-8-10-13-28)23-31(22-25)16-18-32(19-17-31)24(4)29-15-14-26(6-2)27(7-3)21-29/h8-10,12-15,21,25,30H,4-7,11,16-20,22-23H2,1-3H3. The van der Waals surface area contributed by atoms with Crippen LogP contribution in [-0.4, -0.2) is 18.0 Å². The molecule has 0 aromatic heterocycles. The van der Waals surface area contributed by atoms with E-state index >= 15 is 0 Å². The van der Waals surface area contributed by atoms with Crippen molar-refractivity contribution in [2.45, 2.75) is 84.5 Å². The fraction of sp³-hybridized carbons (Fsp3) is 0.548. The van der Waals surface area contributed by atoms with Crippen LogP contribution in [0, 0.1) is 11.3 Å². The molecule has 2 aromatic carbocycles. The van der Waals surface area contributed by atoms with Gasteiger partial charge in [0.05, 0.1) is 0 Å². The third-order valence-corrected chi connectivity index (χ3v) is 8.49. The first-order chi connectivity index (χ1) is 15.6. The largest absolute Gasteiger partial charge is 0.371 e. The molecule has 32 heavy (non-hydrogen) atoms. The highest BCUT2D eigenvalue weighted by atomic mass is 15.1. The summed E-state index contributed by atoms with van der Waals surface area (Å²) in [5.41, 5.74) is 7.62. The van der Waals surface area contributed by atoms with Gasteiger partial charge in [-0.15, -0.1) is 0 Å². The molecule has 1 nitrogen and oxygen atoms in total. The Bertz CT molecular complexity index is 888. The molecule has 2 unspecified atom stereocenters. The van der Waals surface area contributed by atoms with E-state index in [0.29, 0.717) is 5.41 Å². The van der Waals surface area contributed by atoms with Gasteiger partial charge in [0.25, 0.3) is 0 Å². The molecule has 1 heterocycles. The fourth-order valence-corrected chi connectivity index (χ4v) is 6.72. The molecule has 1 spiro atoms. The highest BCUT2D eigenvalue weighted by Gasteiger charge is 2.42. The Balaban J connectivity index is 1.46. The van der Waals surface area contributed by atoms with E-state index in [1.54, 1.807) is 5.56 Å². The second kappa shape index (κ2) is 10.3. The van der Waals surface area contributed by atoms with Gasteiger partial charge in [0, 0.05) is 18.8 Å². The molecule has 1 aliphatic carbocycles. The minimum absolute atomic E-state index is 0.524. The number of likely N-dealkylation sites (tertiary alicyclic amines) is 1. The smallest absolute Gasteiger partial charge is 0.0366 e. The number of hydrogen-bond donors (Lipinski definition) is 0. The fourth-order valence-electron chi connectivity index (χ4n) is 6.72. The maximum atomic E-state index is 4.55. The zero-order valence-corrected chi connectivity index (χ0v) is 20.7. The SMILES string of the molecule is C=C(c1ccc(CC)c(CC)c1)N1CCC2(CC1)CC(CCC)CC(c1ccccc1)C2. The number of piperidine rings is 1. The molecule has 0 radical (unpaired) electrons. The second-order valence-corrected chi connectivity index (χ2v) is 10.5. The average Bonchev–Trinajstić information content (AvgIpc) is 2.84. The molecule has 2 fully saturated rings. The van der Waals surface area contributed by atoms with Gasteiger partial charge in [-0.05, 0) is 90.5 Å². The van der Waals surface area contributed by atoms with Crippen LogP contribution in [0.2, 0.25) is 0 Å². The number of aryl methyl sites for hydroxylation is 2. The zero-order chi connectivity index (χ0) is 22.6. The van der Waals surface area contributed by atoms with Crippen molar-refractivity contribution < 1.29 is 0 Å². The van der Waals surface area contributed by atoms with Gasteiger partial charge in [-0.2, -0.15) is 0 Å². The van der Waals surface area contributed by atoms with Crippen molar-refractivity contribution in [3.8, 4) is 0 Å². The zero-order valence-electron chi connectivity index (χ0n) is 20.7. The summed E-state index contributed by atoms with van der Waals surface area (Å²) in [6.07, 6.45) is 11.8. The van der Waals surface area contributed by atoms with Crippen LogP contribution in [0.15, 0.2) is 55.1 Å². The number of nitrogens with zero attached hydrogens (tertiary/aromatic N) is 1. The summed E-state index contributed by atoms with van der Waals surface area (Å²) in [6, 6.07) is 18.4. The van der Waals surface area contributed by atoms with Gasteiger partial charge in [0.2, 0.25) is 0 Å². The molecule has 2 atom stereocenters. The van der Waals surface area contributed by atoms with Gasteiger partial charge < -0.3 is 4.90 Å². The first kappa shape index (κ1) is 23.1. The summed E-state index contributed by atoms with van der Waals surface area (Å²) in [4.78, 5) is 2.58. The van der Waals surface area contributed by atoms with Crippen molar-refractivity contribution in [2.24, 2.45) is 11.3 Å². The van der Waals surface area contributed by atoms with Crippen molar-refractivity contribution >= 4 is 5.70 Å². The van der Waals surface area contributed by atoms with Crippen molar-refractivity contribution in [1.82, 2.24) is 4.90 Å². The van der Waals surface area contributed by atoms with Crippen molar-refractivity contribution in [3.63, 3.8) is 0 Å². The van der Waals surface area contributed by atoms with Gasteiger partial charge in [-0.25, -0.2) is 0 Å². The van der Waals surface area contributed by atoms with E-state index in [0.717, 1.165) is 37.8 Å². The minimum Gasteiger partial charge on any atom is -0.371 e. The molecule has 1 heteroatoms. The Morgan fingerprint density at radius 1 is 0.938 bits per heavy atom. The summed E-state index contributed by atoms with van der Waals surface area (Å²) in [5, 5.41) is 0. The van der Waals surface area contributed by atoms with Gasteiger partial charge in [-0.3, -0.25) is 0 Å². The van der Waals surface area contributed by atoms with E-state index in [1.165, 1.54) is 67.3 Å². The van der Waals surface area contributed by atoms with Crippen LogP contribution in [0.25, 0.3) is 5.70 Å². The first-order valence-corrected chi connectivity index (χ1v) is 13.2. The summed E-state index contributed by atoms with van der Waals surface area (Å²) in [6.45, 7) is 13.8. The third kappa shape index (κ3) is 4.98. The molecule has 1 saturated carbocycles. The van der Waals surface area contributed by atoms with Gasteiger partial charge >= 0.3 is 0 Å². The van der Waals surface area contributed by atoms with Gasteiger partial charge in [0.15, 0.2) is 0 Å². The molecule has 1 saturated heterocycles. The molecule has 0 bridgehead atoms.